The minimum atomic E-state index is -0.465. The molecule has 4 rings (SSSR count). The number of carbonyl (C=O) groups excluding carboxylic acids is 1. The van der Waals surface area contributed by atoms with Crippen LogP contribution in [0, 0.1) is 6.92 Å². The summed E-state index contributed by atoms with van der Waals surface area (Å²) in [5.74, 6) is 1.66. The summed E-state index contributed by atoms with van der Waals surface area (Å²) in [6.07, 6.45) is 4.20. The molecular weight excluding hydrogens is 346 g/mol. The van der Waals surface area contributed by atoms with Crippen molar-refractivity contribution in [3.05, 3.63) is 47.8 Å². The van der Waals surface area contributed by atoms with E-state index in [9.17, 15) is 4.79 Å². The van der Waals surface area contributed by atoms with Gasteiger partial charge in [0.05, 0.1) is 13.7 Å². The SMILES string of the molecule is COC(=O)c1cc(C)nc(N2CCc3nc(-c4cccnc4)nn3CC2)n1. The highest BCUT2D eigenvalue weighted by molar-refractivity contribution is 5.87. The van der Waals surface area contributed by atoms with Crippen LogP contribution in [0.1, 0.15) is 22.0 Å². The topological polar surface area (TPSA) is 98.9 Å². The molecule has 1 aliphatic heterocycles. The Labute approximate surface area is 156 Å². The number of ether oxygens (including phenoxy) is 1. The number of esters is 1. The lowest BCUT2D eigenvalue weighted by Gasteiger charge is -2.20. The normalized spacial score (nSPS) is 13.8. The van der Waals surface area contributed by atoms with E-state index in [-0.39, 0.29) is 5.69 Å². The van der Waals surface area contributed by atoms with Crippen LogP contribution in [0.25, 0.3) is 11.4 Å². The van der Waals surface area contributed by atoms with Crippen LogP contribution in [0.15, 0.2) is 30.6 Å². The number of fused-ring (bicyclic) bond motifs is 1. The van der Waals surface area contributed by atoms with E-state index in [0.29, 0.717) is 37.8 Å². The van der Waals surface area contributed by atoms with Crippen molar-refractivity contribution in [1.82, 2.24) is 29.7 Å². The van der Waals surface area contributed by atoms with Crippen molar-refractivity contribution in [2.45, 2.75) is 19.9 Å². The zero-order valence-electron chi connectivity index (χ0n) is 15.2. The fourth-order valence-electron chi connectivity index (χ4n) is 3.02. The predicted molar refractivity (Wildman–Crippen MR) is 97.3 cm³/mol. The Bertz CT molecular complexity index is 946. The van der Waals surface area contributed by atoms with Crippen LogP contribution < -0.4 is 4.90 Å². The molecule has 0 amide bonds. The van der Waals surface area contributed by atoms with Crippen LogP contribution in [0.3, 0.4) is 0 Å². The van der Waals surface area contributed by atoms with Crippen molar-refractivity contribution in [1.29, 1.82) is 0 Å². The summed E-state index contributed by atoms with van der Waals surface area (Å²) in [6.45, 7) is 3.86. The number of hydrogen-bond acceptors (Lipinski definition) is 8. The Hall–Kier alpha value is -3.36. The largest absolute Gasteiger partial charge is 0.464 e. The highest BCUT2D eigenvalue weighted by atomic mass is 16.5. The van der Waals surface area contributed by atoms with Crippen LogP contribution in [0.2, 0.25) is 0 Å². The first kappa shape index (κ1) is 17.1. The average Bonchev–Trinajstić information content (AvgIpc) is 3.00. The molecule has 0 aromatic carbocycles. The second-order valence-electron chi connectivity index (χ2n) is 6.24. The molecular formula is C18H19N7O2. The van der Waals surface area contributed by atoms with Gasteiger partial charge in [0.2, 0.25) is 5.95 Å². The molecule has 0 bridgehead atoms. The molecule has 138 valence electrons. The molecule has 0 fully saturated rings. The summed E-state index contributed by atoms with van der Waals surface area (Å²) >= 11 is 0. The summed E-state index contributed by atoms with van der Waals surface area (Å²) in [5, 5.41) is 4.61. The van der Waals surface area contributed by atoms with Gasteiger partial charge < -0.3 is 9.64 Å². The van der Waals surface area contributed by atoms with Crippen LogP contribution in [-0.4, -0.2) is 55.9 Å². The molecule has 9 heteroatoms. The van der Waals surface area contributed by atoms with Crippen molar-refractivity contribution >= 4 is 11.9 Å². The van der Waals surface area contributed by atoms with Gasteiger partial charge in [-0.1, -0.05) is 0 Å². The van der Waals surface area contributed by atoms with Crippen molar-refractivity contribution in [2.75, 3.05) is 25.1 Å². The van der Waals surface area contributed by atoms with Gasteiger partial charge in [0, 0.05) is 43.2 Å². The number of carbonyl (C=O) groups is 1. The van der Waals surface area contributed by atoms with E-state index in [1.165, 1.54) is 7.11 Å². The molecule has 4 heterocycles. The van der Waals surface area contributed by atoms with Crippen LogP contribution in [0.5, 0.6) is 0 Å². The van der Waals surface area contributed by atoms with E-state index in [2.05, 4.69) is 25.0 Å². The number of pyridine rings is 1. The molecule has 0 saturated heterocycles. The van der Waals surface area contributed by atoms with E-state index in [1.807, 2.05) is 28.6 Å². The van der Waals surface area contributed by atoms with Gasteiger partial charge in [0.1, 0.15) is 5.82 Å². The molecule has 3 aromatic rings. The Morgan fingerprint density at radius 3 is 2.85 bits per heavy atom. The van der Waals surface area contributed by atoms with Crippen LogP contribution >= 0.6 is 0 Å². The third-order valence-electron chi connectivity index (χ3n) is 4.37. The summed E-state index contributed by atoms with van der Waals surface area (Å²) in [7, 11) is 1.34. The highest BCUT2D eigenvalue weighted by Crippen LogP contribution is 2.18. The maximum Gasteiger partial charge on any atom is 0.356 e. The van der Waals surface area contributed by atoms with Crippen LogP contribution in [0.4, 0.5) is 5.95 Å². The van der Waals surface area contributed by atoms with Gasteiger partial charge in [0.25, 0.3) is 0 Å². The second kappa shape index (κ2) is 7.10. The van der Waals surface area contributed by atoms with Gasteiger partial charge in [0.15, 0.2) is 11.5 Å². The third-order valence-corrected chi connectivity index (χ3v) is 4.37. The monoisotopic (exact) mass is 365 g/mol. The molecule has 0 N–H and O–H groups in total. The number of methoxy groups -OCH3 is 1. The maximum atomic E-state index is 11.8. The summed E-state index contributed by atoms with van der Waals surface area (Å²) in [6, 6.07) is 5.45. The van der Waals surface area contributed by atoms with Crippen molar-refractivity contribution < 1.29 is 9.53 Å². The van der Waals surface area contributed by atoms with Gasteiger partial charge in [-0.05, 0) is 25.1 Å². The fraction of sp³-hybridized carbons (Fsp3) is 0.333. The summed E-state index contributed by atoms with van der Waals surface area (Å²) in [4.78, 5) is 31.5. The summed E-state index contributed by atoms with van der Waals surface area (Å²) < 4.78 is 6.69. The zero-order valence-corrected chi connectivity index (χ0v) is 15.2. The molecule has 1 aliphatic rings. The van der Waals surface area contributed by atoms with Gasteiger partial charge in [-0.3, -0.25) is 4.98 Å². The maximum absolute atomic E-state index is 11.8. The molecule has 0 aliphatic carbocycles. The minimum absolute atomic E-state index is 0.263. The number of aromatic nitrogens is 6. The zero-order chi connectivity index (χ0) is 18.8. The quantitative estimate of drug-likeness (QED) is 0.640. The number of nitrogens with zero attached hydrogens (tertiary/aromatic N) is 7. The first-order chi connectivity index (χ1) is 13.1. The molecule has 0 radical (unpaired) electrons. The Morgan fingerprint density at radius 1 is 1.19 bits per heavy atom. The third kappa shape index (κ3) is 3.48. The predicted octanol–water partition coefficient (Wildman–Crippen LogP) is 1.29. The fourth-order valence-corrected chi connectivity index (χ4v) is 3.02. The lowest BCUT2D eigenvalue weighted by molar-refractivity contribution is 0.0593. The summed E-state index contributed by atoms with van der Waals surface area (Å²) in [5.41, 5.74) is 1.89. The number of aryl methyl sites for hydroxylation is 1. The number of hydrogen-bond donors (Lipinski definition) is 0. The average molecular weight is 365 g/mol. The van der Waals surface area contributed by atoms with Gasteiger partial charge in [-0.25, -0.2) is 24.4 Å². The van der Waals surface area contributed by atoms with Crippen molar-refractivity contribution in [3.8, 4) is 11.4 Å². The van der Waals surface area contributed by atoms with Gasteiger partial charge >= 0.3 is 5.97 Å². The van der Waals surface area contributed by atoms with E-state index >= 15 is 0 Å². The number of anilines is 1. The van der Waals surface area contributed by atoms with Crippen LogP contribution in [-0.2, 0) is 17.7 Å². The lowest BCUT2D eigenvalue weighted by Crippen LogP contribution is -2.29. The molecule has 0 unspecified atom stereocenters. The lowest BCUT2D eigenvalue weighted by atomic mass is 10.3. The molecule has 9 nitrogen and oxygen atoms in total. The van der Waals surface area contributed by atoms with E-state index in [4.69, 9.17) is 4.74 Å². The van der Waals surface area contributed by atoms with Crippen molar-refractivity contribution in [2.24, 2.45) is 0 Å². The van der Waals surface area contributed by atoms with E-state index < -0.39 is 5.97 Å². The molecule has 0 saturated carbocycles. The standard InChI is InChI=1S/C18H19N7O2/c1-12-10-14(17(26)27-2)21-18(20-12)24-7-5-15-22-16(23-25(15)9-8-24)13-4-3-6-19-11-13/h3-4,6,10-11H,5,7-9H2,1-2H3. The second-order valence-corrected chi connectivity index (χ2v) is 6.24. The van der Waals surface area contributed by atoms with Crippen molar-refractivity contribution in [3.63, 3.8) is 0 Å². The Balaban J connectivity index is 1.55. The Kier molecular flexibility index (Phi) is 4.49. The first-order valence-electron chi connectivity index (χ1n) is 8.67. The van der Waals surface area contributed by atoms with Gasteiger partial charge in [-0.2, -0.15) is 5.10 Å². The van der Waals surface area contributed by atoms with E-state index in [0.717, 1.165) is 17.1 Å². The number of rotatable bonds is 3. The first-order valence-corrected chi connectivity index (χ1v) is 8.67. The highest BCUT2D eigenvalue weighted by Gasteiger charge is 2.21. The molecule has 3 aromatic heterocycles. The van der Waals surface area contributed by atoms with E-state index in [1.54, 1.807) is 18.5 Å². The smallest absolute Gasteiger partial charge is 0.356 e. The minimum Gasteiger partial charge on any atom is -0.464 e. The van der Waals surface area contributed by atoms with Gasteiger partial charge in [-0.15, -0.1) is 0 Å². The Morgan fingerprint density at radius 2 is 2.07 bits per heavy atom. The molecule has 0 atom stereocenters. The molecule has 27 heavy (non-hydrogen) atoms. The molecule has 0 spiro atoms.